The molecule has 0 aliphatic carbocycles. The number of aromatic nitrogens is 1. The number of carbonyl (C=O) groups is 1. The van der Waals surface area contributed by atoms with Gasteiger partial charge in [-0.05, 0) is 42.2 Å². The number of pyridine rings is 1. The predicted molar refractivity (Wildman–Crippen MR) is 139 cm³/mol. The van der Waals surface area contributed by atoms with Gasteiger partial charge in [-0.15, -0.1) is 0 Å². The van der Waals surface area contributed by atoms with Crippen molar-refractivity contribution < 1.29 is 23.7 Å². The van der Waals surface area contributed by atoms with Crippen molar-refractivity contribution in [3.8, 4) is 11.5 Å². The number of nitrogens with zero attached hydrogens (tertiary/aromatic N) is 2. The molecule has 1 unspecified atom stereocenters. The van der Waals surface area contributed by atoms with Crippen LogP contribution in [0.15, 0.2) is 52.0 Å². The van der Waals surface area contributed by atoms with Gasteiger partial charge in [0.1, 0.15) is 17.1 Å². The Morgan fingerprint density at radius 2 is 1.94 bits per heavy atom. The van der Waals surface area contributed by atoms with E-state index in [1.54, 1.807) is 41.0 Å². The Morgan fingerprint density at radius 3 is 2.61 bits per heavy atom. The van der Waals surface area contributed by atoms with Crippen LogP contribution in [0.2, 0.25) is 0 Å². The Balaban J connectivity index is 1.87. The number of amides is 1. The van der Waals surface area contributed by atoms with Crippen LogP contribution in [0.5, 0.6) is 11.5 Å². The third-order valence-electron chi connectivity index (χ3n) is 5.85. The van der Waals surface area contributed by atoms with Crippen molar-refractivity contribution in [2.24, 2.45) is 15.9 Å². The summed E-state index contributed by atoms with van der Waals surface area (Å²) >= 11 is 0. The lowest BCUT2D eigenvalue weighted by Gasteiger charge is -2.26. The van der Waals surface area contributed by atoms with Gasteiger partial charge in [0.25, 0.3) is 11.5 Å². The van der Waals surface area contributed by atoms with Gasteiger partial charge in [0.05, 0.1) is 16.5 Å². The van der Waals surface area contributed by atoms with Crippen LogP contribution in [0, 0.1) is 5.41 Å². The summed E-state index contributed by atoms with van der Waals surface area (Å²) in [5, 5.41) is 14.9. The molecule has 0 bridgehead atoms. The van der Waals surface area contributed by atoms with Crippen molar-refractivity contribution >= 4 is 41.2 Å². The zero-order chi connectivity index (χ0) is 26.3. The molecular weight excluding hydrogens is 483 g/mol. The van der Waals surface area contributed by atoms with Gasteiger partial charge >= 0.3 is 7.52 Å². The van der Waals surface area contributed by atoms with Crippen LogP contribution in [-0.2, 0) is 20.4 Å². The van der Waals surface area contributed by atoms with Gasteiger partial charge in [0, 0.05) is 19.0 Å². The summed E-state index contributed by atoms with van der Waals surface area (Å²) in [6.07, 6.45) is 0.717. The topological polar surface area (TPSA) is 145 Å². The van der Waals surface area contributed by atoms with E-state index in [0.29, 0.717) is 29.6 Å². The van der Waals surface area contributed by atoms with Crippen LogP contribution in [0.3, 0.4) is 0 Å². The van der Waals surface area contributed by atoms with Gasteiger partial charge < -0.3 is 30.0 Å². The number of ether oxygens (including phenoxy) is 1. The molecule has 1 aromatic heterocycles. The molecule has 1 amide bonds. The van der Waals surface area contributed by atoms with Crippen LogP contribution < -0.4 is 26.7 Å². The number of nitrogens with one attached hydrogen (secondary N) is 1. The molecule has 11 heteroatoms. The molecule has 4 N–H and O–H groups in total. The SMILES string of the molecule is COP1(=O)N=C(c2c(O)c3ccccc3n(CCC(C)(C)C)c2=O)Nc2ccc(OCC(N)=O)cc21. The Bertz CT molecular complexity index is 1490. The highest BCUT2D eigenvalue weighted by atomic mass is 31.2. The number of benzene rings is 2. The highest BCUT2D eigenvalue weighted by Gasteiger charge is 2.35. The average molecular weight is 513 g/mol. The van der Waals surface area contributed by atoms with E-state index in [1.807, 2.05) is 0 Å². The number of amidine groups is 1. The van der Waals surface area contributed by atoms with Crippen LogP contribution in [0.1, 0.15) is 32.8 Å². The lowest BCUT2D eigenvalue weighted by Crippen LogP contribution is -2.34. The smallest absolute Gasteiger partial charge is 0.348 e. The second-order valence-corrected chi connectivity index (χ2v) is 11.8. The molecule has 2 heterocycles. The van der Waals surface area contributed by atoms with E-state index < -0.39 is 19.0 Å². The first-order chi connectivity index (χ1) is 16.9. The van der Waals surface area contributed by atoms with Crippen LogP contribution in [0.25, 0.3) is 10.9 Å². The molecule has 0 saturated heterocycles. The minimum atomic E-state index is -3.87. The lowest BCUT2D eigenvalue weighted by atomic mass is 9.92. The number of primary amides is 1. The highest BCUT2D eigenvalue weighted by Crippen LogP contribution is 2.52. The molecule has 36 heavy (non-hydrogen) atoms. The number of para-hydroxylation sites is 1. The summed E-state index contributed by atoms with van der Waals surface area (Å²) in [6.45, 7) is 6.32. The zero-order valence-corrected chi connectivity index (χ0v) is 21.5. The van der Waals surface area contributed by atoms with E-state index in [4.69, 9.17) is 15.0 Å². The first kappa shape index (κ1) is 25.5. The molecule has 190 valence electrons. The van der Waals surface area contributed by atoms with Gasteiger partial charge in [-0.3, -0.25) is 14.2 Å². The Kier molecular flexibility index (Phi) is 6.68. The minimum Gasteiger partial charge on any atom is -0.506 e. The number of aryl methyl sites for hydroxylation is 1. The summed E-state index contributed by atoms with van der Waals surface area (Å²) in [5.41, 5.74) is 5.50. The maximum absolute atomic E-state index is 13.7. The second kappa shape index (κ2) is 9.44. The fraction of sp³-hybridized carbons (Fsp3) is 0.320. The molecule has 2 aromatic carbocycles. The van der Waals surface area contributed by atoms with Crippen molar-refractivity contribution in [2.75, 3.05) is 19.0 Å². The summed E-state index contributed by atoms with van der Waals surface area (Å²) in [4.78, 5) is 24.8. The van der Waals surface area contributed by atoms with Gasteiger partial charge in [0.2, 0.25) is 0 Å². The molecular formula is C25H29N4O6P. The number of carbonyl (C=O) groups excluding carboxylic acids is 1. The molecule has 1 atom stereocenters. The fourth-order valence-electron chi connectivity index (χ4n) is 3.96. The Hall–Kier alpha value is -3.62. The molecule has 4 rings (SSSR count). The lowest BCUT2D eigenvalue weighted by molar-refractivity contribution is -0.119. The van der Waals surface area contributed by atoms with Crippen molar-refractivity contribution in [1.82, 2.24) is 4.57 Å². The summed E-state index contributed by atoms with van der Waals surface area (Å²) in [6, 6.07) is 11.6. The summed E-state index contributed by atoms with van der Waals surface area (Å²) < 4.78 is 30.3. The number of fused-ring (bicyclic) bond motifs is 2. The van der Waals surface area contributed by atoms with Crippen LogP contribution >= 0.6 is 7.52 Å². The first-order valence-electron chi connectivity index (χ1n) is 11.4. The molecule has 1 aliphatic rings. The summed E-state index contributed by atoms with van der Waals surface area (Å²) in [5.74, 6) is -0.725. The summed E-state index contributed by atoms with van der Waals surface area (Å²) in [7, 11) is -2.62. The van der Waals surface area contributed by atoms with Crippen LogP contribution in [0.4, 0.5) is 5.69 Å². The number of aromatic hydroxyl groups is 1. The highest BCUT2D eigenvalue weighted by molar-refractivity contribution is 7.66. The molecule has 1 aliphatic heterocycles. The monoisotopic (exact) mass is 512 g/mol. The quantitative estimate of drug-likeness (QED) is 0.412. The molecule has 0 spiro atoms. The Morgan fingerprint density at radius 1 is 1.22 bits per heavy atom. The average Bonchev–Trinajstić information content (AvgIpc) is 2.82. The molecule has 0 radical (unpaired) electrons. The van der Waals surface area contributed by atoms with E-state index >= 15 is 0 Å². The maximum atomic E-state index is 13.7. The van der Waals surface area contributed by atoms with Gasteiger partial charge in [-0.2, -0.15) is 4.76 Å². The normalized spacial score (nSPS) is 17.3. The molecule has 3 aromatic rings. The maximum Gasteiger partial charge on any atom is 0.348 e. The van der Waals surface area contributed by atoms with E-state index in [9.17, 15) is 19.3 Å². The molecule has 10 nitrogen and oxygen atoms in total. The molecule has 0 saturated carbocycles. The van der Waals surface area contributed by atoms with Crippen molar-refractivity contribution in [1.29, 1.82) is 0 Å². The molecule has 0 fully saturated rings. The van der Waals surface area contributed by atoms with Gasteiger partial charge in [-0.1, -0.05) is 32.9 Å². The van der Waals surface area contributed by atoms with E-state index in [1.165, 1.54) is 13.2 Å². The van der Waals surface area contributed by atoms with Gasteiger partial charge in [-0.25, -0.2) is 0 Å². The first-order valence-corrected chi connectivity index (χ1v) is 12.9. The number of hydrogen-bond donors (Lipinski definition) is 3. The number of rotatable bonds is 7. The number of hydrogen-bond acceptors (Lipinski definition) is 7. The van der Waals surface area contributed by atoms with E-state index in [2.05, 4.69) is 30.9 Å². The fourth-order valence-corrected chi connectivity index (χ4v) is 5.48. The third-order valence-corrected chi connectivity index (χ3v) is 7.79. The van der Waals surface area contributed by atoms with Crippen molar-refractivity contribution in [3.63, 3.8) is 0 Å². The van der Waals surface area contributed by atoms with Crippen LogP contribution in [-0.4, -0.2) is 35.1 Å². The number of nitrogens with two attached hydrogens (primary N) is 1. The van der Waals surface area contributed by atoms with Crippen molar-refractivity contribution in [3.05, 3.63) is 58.4 Å². The van der Waals surface area contributed by atoms with E-state index in [0.717, 1.165) is 0 Å². The van der Waals surface area contributed by atoms with Gasteiger partial charge in [0.15, 0.2) is 12.4 Å². The number of anilines is 1. The van der Waals surface area contributed by atoms with E-state index in [-0.39, 0.29) is 40.2 Å². The second-order valence-electron chi connectivity index (χ2n) is 9.72. The Labute approximate surface area is 208 Å². The predicted octanol–water partition coefficient (Wildman–Crippen LogP) is 3.34. The zero-order valence-electron chi connectivity index (χ0n) is 20.6. The van der Waals surface area contributed by atoms with Crippen molar-refractivity contribution in [2.45, 2.75) is 33.7 Å². The third kappa shape index (κ3) is 4.87. The minimum absolute atomic E-state index is 0.0296. The largest absolute Gasteiger partial charge is 0.506 e. The standard InChI is InChI=1S/C25H29N4O6P/c1-25(2,3)11-12-29-18-8-6-5-7-16(18)22(31)21(24(29)32)23-27-17-10-9-15(35-14-20(26)30)13-19(17)36(33,28-23)34-4/h5-10,13,31H,11-12,14H2,1-4H3,(H2,26,30)(H,27,28,33).